The zero-order valence-corrected chi connectivity index (χ0v) is 13.2. The standard InChI is InChI=1S/C12H8Cl2N4S2/c13-7-1-2-9(14)16-8(7)5-20-12-17-10(15)6-3-4-19-11(6)18-12/h1-4H,5H2,(H2,15,17,18). The van der Waals surface area contributed by atoms with Crippen LogP contribution in [0.15, 0.2) is 28.7 Å². The second-order valence-electron chi connectivity index (χ2n) is 3.88. The van der Waals surface area contributed by atoms with Crippen molar-refractivity contribution in [3.8, 4) is 0 Å². The van der Waals surface area contributed by atoms with Gasteiger partial charge < -0.3 is 5.73 Å². The van der Waals surface area contributed by atoms with Crippen molar-refractivity contribution in [2.45, 2.75) is 10.9 Å². The molecule has 20 heavy (non-hydrogen) atoms. The number of thiophene rings is 1. The van der Waals surface area contributed by atoms with Crippen LogP contribution in [0.2, 0.25) is 10.2 Å². The average Bonchev–Trinajstić information content (AvgIpc) is 2.89. The Morgan fingerprint density at radius 3 is 2.85 bits per heavy atom. The van der Waals surface area contributed by atoms with E-state index in [-0.39, 0.29) is 0 Å². The smallest absolute Gasteiger partial charge is 0.191 e. The Morgan fingerprint density at radius 1 is 1.15 bits per heavy atom. The molecule has 3 aromatic heterocycles. The van der Waals surface area contributed by atoms with Crippen LogP contribution in [0.4, 0.5) is 5.82 Å². The molecule has 0 saturated heterocycles. The van der Waals surface area contributed by atoms with E-state index in [0.717, 1.165) is 10.2 Å². The van der Waals surface area contributed by atoms with Crippen molar-refractivity contribution < 1.29 is 0 Å². The third-order valence-corrected chi connectivity index (χ3v) is 4.78. The van der Waals surface area contributed by atoms with Crippen molar-refractivity contribution in [3.05, 3.63) is 39.4 Å². The molecule has 0 aliphatic heterocycles. The number of hydrogen-bond acceptors (Lipinski definition) is 6. The van der Waals surface area contributed by atoms with Gasteiger partial charge >= 0.3 is 0 Å². The van der Waals surface area contributed by atoms with Gasteiger partial charge in [0.1, 0.15) is 15.8 Å². The predicted octanol–water partition coefficient (Wildman–Crippen LogP) is 4.27. The number of nitrogen functional groups attached to an aromatic ring is 1. The molecular weight excluding hydrogens is 335 g/mol. The summed E-state index contributed by atoms with van der Waals surface area (Å²) in [4.78, 5) is 13.8. The van der Waals surface area contributed by atoms with Crippen LogP contribution in [0.3, 0.4) is 0 Å². The first-order valence-corrected chi connectivity index (χ1v) is 8.20. The molecule has 0 aliphatic rings. The summed E-state index contributed by atoms with van der Waals surface area (Å²) in [5, 5.41) is 4.43. The highest BCUT2D eigenvalue weighted by molar-refractivity contribution is 7.98. The van der Waals surface area contributed by atoms with Gasteiger partial charge in [0.25, 0.3) is 0 Å². The van der Waals surface area contributed by atoms with Crippen LogP contribution < -0.4 is 5.73 Å². The van der Waals surface area contributed by atoms with E-state index < -0.39 is 0 Å². The minimum Gasteiger partial charge on any atom is -0.383 e. The van der Waals surface area contributed by atoms with E-state index in [4.69, 9.17) is 28.9 Å². The van der Waals surface area contributed by atoms with Crippen LogP contribution >= 0.6 is 46.3 Å². The van der Waals surface area contributed by atoms with E-state index in [2.05, 4.69) is 15.0 Å². The number of hydrogen-bond donors (Lipinski definition) is 1. The first kappa shape index (κ1) is 13.9. The summed E-state index contributed by atoms with van der Waals surface area (Å²) in [6.45, 7) is 0. The van der Waals surface area contributed by atoms with Crippen molar-refractivity contribution in [2.24, 2.45) is 0 Å². The maximum absolute atomic E-state index is 6.07. The Kier molecular flexibility index (Phi) is 3.98. The molecule has 0 spiro atoms. The lowest BCUT2D eigenvalue weighted by molar-refractivity contribution is 1.01. The van der Waals surface area contributed by atoms with Crippen molar-refractivity contribution >= 4 is 62.3 Å². The van der Waals surface area contributed by atoms with E-state index >= 15 is 0 Å². The largest absolute Gasteiger partial charge is 0.383 e. The molecule has 0 atom stereocenters. The number of aromatic nitrogens is 3. The Labute approximate surface area is 133 Å². The SMILES string of the molecule is Nc1nc(SCc2nc(Cl)ccc2Cl)nc2sccc12. The number of nitrogens with two attached hydrogens (primary N) is 1. The first-order valence-electron chi connectivity index (χ1n) is 5.58. The van der Waals surface area contributed by atoms with Gasteiger partial charge in [0.05, 0.1) is 16.1 Å². The monoisotopic (exact) mass is 342 g/mol. The lowest BCUT2D eigenvalue weighted by atomic mass is 10.4. The van der Waals surface area contributed by atoms with Crippen molar-refractivity contribution in [1.29, 1.82) is 0 Å². The number of thioether (sulfide) groups is 1. The zero-order chi connectivity index (χ0) is 14.1. The summed E-state index contributed by atoms with van der Waals surface area (Å²) >= 11 is 14.9. The summed E-state index contributed by atoms with van der Waals surface area (Å²) in [6.07, 6.45) is 0. The molecule has 3 rings (SSSR count). The van der Waals surface area contributed by atoms with E-state index in [0.29, 0.717) is 32.6 Å². The van der Waals surface area contributed by atoms with Crippen LogP contribution in [0.1, 0.15) is 5.69 Å². The Balaban J connectivity index is 1.84. The third kappa shape index (κ3) is 2.83. The number of halogens is 2. The first-order chi connectivity index (χ1) is 9.63. The van der Waals surface area contributed by atoms with E-state index in [1.807, 2.05) is 11.4 Å². The highest BCUT2D eigenvalue weighted by Crippen LogP contribution is 2.29. The van der Waals surface area contributed by atoms with Crippen LogP contribution in [0.25, 0.3) is 10.2 Å². The summed E-state index contributed by atoms with van der Waals surface area (Å²) < 4.78 is 0. The number of pyridine rings is 1. The van der Waals surface area contributed by atoms with Crippen molar-refractivity contribution in [3.63, 3.8) is 0 Å². The van der Waals surface area contributed by atoms with Gasteiger partial charge in [-0.2, -0.15) is 0 Å². The highest BCUT2D eigenvalue weighted by atomic mass is 35.5. The third-order valence-electron chi connectivity index (χ3n) is 2.56. The molecule has 3 aromatic rings. The number of anilines is 1. The van der Waals surface area contributed by atoms with Crippen molar-refractivity contribution in [2.75, 3.05) is 5.73 Å². The molecule has 4 nitrogen and oxygen atoms in total. The quantitative estimate of drug-likeness (QED) is 0.437. The van der Waals surface area contributed by atoms with E-state index in [1.54, 1.807) is 12.1 Å². The van der Waals surface area contributed by atoms with Crippen LogP contribution in [0, 0.1) is 0 Å². The maximum Gasteiger partial charge on any atom is 0.191 e. The van der Waals surface area contributed by atoms with Gasteiger partial charge in [-0.15, -0.1) is 11.3 Å². The normalized spacial score (nSPS) is 11.1. The van der Waals surface area contributed by atoms with Gasteiger partial charge in [-0.1, -0.05) is 35.0 Å². The predicted molar refractivity (Wildman–Crippen MR) is 85.6 cm³/mol. The fourth-order valence-electron chi connectivity index (χ4n) is 1.61. The molecule has 2 N–H and O–H groups in total. The zero-order valence-electron chi connectivity index (χ0n) is 10.0. The van der Waals surface area contributed by atoms with Gasteiger partial charge in [0.15, 0.2) is 5.16 Å². The molecule has 0 radical (unpaired) electrons. The summed E-state index contributed by atoms with van der Waals surface area (Å²) in [5.41, 5.74) is 6.61. The molecule has 0 aliphatic carbocycles. The van der Waals surface area contributed by atoms with Gasteiger partial charge in [-0.05, 0) is 23.6 Å². The fraction of sp³-hybridized carbons (Fsp3) is 0.0833. The number of rotatable bonds is 3. The second-order valence-corrected chi connectivity index (χ2v) is 6.51. The summed E-state index contributed by atoms with van der Waals surface area (Å²) in [5.74, 6) is 1.03. The molecule has 102 valence electrons. The molecule has 0 amide bonds. The minimum atomic E-state index is 0.416. The number of nitrogens with zero attached hydrogens (tertiary/aromatic N) is 3. The van der Waals surface area contributed by atoms with Crippen LogP contribution in [-0.2, 0) is 5.75 Å². The van der Waals surface area contributed by atoms with Gasteiger partial charge in [0.2, 0.25) is 0 Å². The van der Waals surface area contributed by atoms with Crippen molar-refractivity contribution in [1.82, 2.24) is 15.0 Å². The molecular formula is C12H8Cl2N4S2. The highest BCUT2D eigenvalue weighted by Gasteiger charge is 2.09. The minimum absolute atomic E-state index is 0.416. The summed E-state index contributed by atoms with van der Waals surface area (Å²) in [6, 6.07) is 5.30. The average molecular weight is 343 g/mol. The second kappa shape index (κ2) is 5.73. The molecule has 0 fully saturated rings. The maximum atomic E-state index is 6.07. The van der Waals surface area contributed by atoms with E-state index in [9.17, 15) is 0 Å². The Hall–Kier alpha value is -1.08. The van der Waals surface area contributed by atoms with Crippen LogP contribution in [-0.4, -0.2) is 15.0 Å². The lowest BCUT2D eigenvalue weighted by Gasteiger charge is -2.04. The van der Waals surface area contributed by atoms with E-state index in [1.165, 1.54) is 23.1 Å². The fourth-order valence-corrected chi connectivity index (χ4v) is 3.66. The molecule has 0 bridgehead atoms. The Morgan fingerprint density at radius 2 is 2.00 bits per heavy atom. The van der Waals surface area contributed by atoms with Gasteiger partial charge in [-0.3, -0.25) is 0 Å². The summed E-state index contributed by atoms with van der Waals surface area (Å²) in [7, 11) is 0. The van der Waals surface area contributed by atoms with Crippen LogP contribution in [0.5, 0.6) is 0 Å². The molecule has 8 heteroatoms. The molecule has 0 saturated carbocycles. The molecule has 0 aromatic carbocycles. The topological polar surface area (TPSA) is 64.7 Å². The number of fused-ring (bicyclic) bond motifs is 1. The lowest BCUT2D eigenvalue weighted by Crippen LogP contribution is -1.96. The Bertz CT molecular complexity index is 775. The van der Waals surface area contributed by atoms with Gasteiger partial charge in [0, 0.05) is 5.75 Å². The van der Waals surface area contributed by atoms with Gasteiger partial charge in [-0.25, -0.2) is 15.0 Å². The molecule has 3 heterocycles. The molecule has 0 unspecified atom stereocenters.